The highest BCUT2D eigenvalue weighted by Gasteiger charge is 2.22. The number of benzene rings is 1. The number of piperidine rings is 1. The van der Waals surface area contributed by atoms with Crippen LogP contribution in [0.25, 0.3) is 0 Å². The summed E-state index contributed by atoms with van der Waals surface area (Å²) in [4.78, 5) is 0. The molecule has 0 radical (unpaired) electrons. The molecule has 0 bridgehead atoms. The molecule has 0 aromatic heterocycles. The summed E-state index contributed by atoms with van der Waals surface area (Å²) < 4.78 is 27.0. The highest BCUT2D eigenvalue weighted by atomic mass is 19.1. The largest absolute Gasteiger partial charge is 0.314 e. The molecule has 1 heterocycles. The van der Waals surface area contributed by atoms with Crippen LogP contribution >= 0.6 is 0 Å². The molecule has 0 saturated carbocycles. The molecular weight excluding hydrogens is 220 g/mol. The van der Waals surface area contributed by atoms with Gasteiger partial charge in [-0.15, -0.1) is 0 Å². The van der Waals surface area contributed by atoms with Crippen molar-refractivity contribution in [2.24, 2.45) is 5.92 Å². The second kappa shape index (κ2) is 5.58. The molecular formula is C14H19F2N. The van der Waals surface area contributed by atoms with E-state index >= 15 is 0 Å². The monoisotopic (exact) mass is 239 g/mol. The van der Waals surface area contributed by atoms with Crippen molar-refractivity contribution in [1.82, 2.24) is 5.32 Å². The van der Waals surface area contributed by atoms with E-state index in [1.165, 1.54) is 24.6 Å². The maximum absolute atomic E-state index is 13.5. The third kappa shape index (κ3) is 3.03. The van der Waals surface area contributed by atoms with Crippen LogP contribution in [0.3, 0.4) is 0 Å². The highest BCUT2D eigenvalue weighted by Crippen LogP contribution is 2.23. The van der Waals surface area contributed by atoms with Crippen molar-refractivity contribution in [2.75, 3.05) is 6.54 Å². The predicted molar refractivity (Wildman–Crippen MR) is 64.9 cm³/mol. The molecule has 1 N–H and O–H groups in total. The Kier molecular flexibility index (Phi) is 4.11. The summed E-state index contributed by atoms with van der Waals surface area (Å²) in [5.41, 5.74) is 0.224. The molecule has 1 saturated heterocycles. The van der Waals surface area contributed by atoms with Crippen LogP contribution in [0.4, 0.5) is 8.78 Å². The molecule has 2 unspecified atom stereocenters. The van der Waals surface area contributed by atoms with E-state index in [9.17, 15) is 8.78 Å². The van der Waals surface area contributed by atoms with Gasteiger partial charge in [0.25, 0.3) is 0 Å². The lowest BCUT2D eigenvalue weighted by atomic mass is 9.87. The fourth-order valence-corrected chi connectivity index (χ4v) is 2.60. The Morgan fingerprint density at radius 1 is 1.29 bits per heavy atom. The minimum atomic E-state index is -0.426. The zero-order chi connectivity index (χ0) is 12.3. The lowest BCUT2D eigenvalue weighted by Crippen LogP contribution is -2.39. The van der Waals surface area contributed by atoms with Crippen molar-refractivity contribution < 1.29 is 8.78 Å². The summed E-state index contributed by atoms with van der Waals surface area (Å²) in [6.07, 6.45) is 3.80. The van der Waals surface area contributed by atoms with E-state index in [4.69, 9.17) is 0 Å². The molecule has 17 heavy (non-hydrogen) atoms. The Morgan fingerprint density at radius 3 is 2.65 bits per heavy atom. The van der Waals surface area contributed by atoms with Crippen LogP contribution in [-0.2, 0) is 6.42 Å². The van der Waals surface area contributed by atoms with Crippen molar-refractivity contribution in [2.45, 2.75) is 38.6 Å². The smallest absolute Gasteiger partial charge is 0.129 e. The van der Waals surface area contributed by atoms with Crippen LogP contribution < -0.4 is 5.32 Å². The van der Waals surface area contributed by atoms with Gasteiger partial charge in [0, 0.05) is 11.6 Å². The topological polar surface area (TPSA) is 12.0 Å². The second-order valence-corrected chi connectivity index (χ2v) is 4.85. The van der Waals surface area contributed by atoms with Gasteiger partial charge < -0.3 is 5.32 Å². The molecule has 0 spiro atoms. The summed E-state index contributed by atoms with van der Waals surface area (Å²) in [5, 5.41) is 3.35. The van der Waals surface area contributed by atoms with Crippen molar-refractivity contribution >= 4 is 0 Å². The third-order valence-corrected chi connectivity index (χ3v) is 3.69. The van der Waals surface area contributed by atoms with Crippen LogP contribution in [0, 0.1) is 17.6 Å². The molecule has 1 aliphatic heterocycles. The molecule has 1 aliphatic rings. The zero-order valence-electron chi connectivity index (χ0n) is 10.2. The van der Waals surface area contributed by atoms with Gasteiger partial charge in [0.1, 0.15) is 11.6 Å². The maximum atomic E-state index is 13.5. The fourth-order valence-electron chi connectivity index (χ4n) is 2.60. The molecule has 2 rings (SSSR count). The van der Waals surface area contributed by atoms with Gasteiger partial charge in [0.05, 0.1) is 0 Å². The van der Waals surface area contributed by atoms with Crippen LogP contribution in [0.15, 0.2) is 18.2 Å². The van der Waals surface area contributed by atoms with Gasteiger partial charge in [0.2, 0.25) is 0 Å². The first-order valence-corrected chi connectivity index (χ1v) is 6.37. The average Bonchev–Trinajstić information content (AvgIpc) is 2.34. The summed E-state index contributed by atoms with van der Waals surface area (Å²) in [6.45, 7) is 3.13. The van der Waals surface area contributed by atoms with Crippen molar-refractivity contribution in [1.29, 1.82) is 0 Å². The van der Waals surface area contributed by atoms with Gasteiger partial charge >= 0.3 is 0 Å². The predicted octanol–water partition coefficient (Wildman–Crippen LogP) is 3.29. The molecule has 1 fully saturated rings. The van der Waals surface area contributed by atoms with E-state index in [0.717, 1.165) is 19.4 Å². The van der Waals surface area contributed by atoms with E-state index in [1.807, 2.05) is 0 Å². The molecule has 1 aromatic carbocycles. The van der Waals surface area contributed by atoms with Crippen LogP contribution in [0.2, 0.25) is 0 Å². The zero-order valence-corrected chi connectivity index (χ0v) is 10.2. The van der Waals surface area contributed by atoms with Gasteiger partial charge in [-0.2, -0.15) is 0 Å². The van der Waals surface area contributed by atoms with Crippen LogP contribution in [-0.4, -0.2) is 12.6 Å². The fraction of sp³-hybridized carbons (Fsp3) is 0.571. The van der Waals surface area contributed by atoms with Gasteiger partial charge in [-0.3, -0.25) is 0 Å². The lowest BCUT2D eigenvalue weighted by Gasteiger charge is -2.30. The standard InChI is InChI=1S/C14H19F2N/c1-2-10-6-7-17-11(8-10)9-12-13(15)4-3-5-14(12)16/h3-5,10-11,17H,2,6-9H2,1H3. The van der Waals surface area contributed by atoms with Crippen LogP contribution in [0.5, 0.6) is 0 Å². The minimum absolute atomic E-state index is 0.208. The number of rotatable bonds is 3. The summed E-state index contributed by atoms with van der Waals surface area (Å²) in [6, 6.07) is 4.29. The van der Waals surface area contributed by atoms with Gasteiger partial charge in [0.15, 0.2) is 0 Å². The molecule has 1 nitrogen and oxygen atoms in total. The van der Waals surface area contributed by atoms with Gasteiger partial charge in [-0.05, 0) is 43.9 Å². The molecule has 0 amide bonds. The van der Waals surface area contributed by atoms with E-state index in [-0.39, 0.29) is 11.6 Å². The van der Waals surface area contributed by atoms with E-state index < -0.39 is 11.6 Å². The Balaban J connectivity index is 2.05. The first-order chi connectivity index (χ1) is 8.20. The van der Waals surface area contributed by atoms with Crippen LogP contribution in [0.1, 0.15) is 31.7 Å². The lowest BCUT2D eigenvalue weighted by molar-refractivity contribution is 0.290. The SMILES string of the molecule is CCC1CCNC(Cc2c(F)cccc2F)C1. The molecule has 3 heteroatoms. The minimum Gasteiger partial charge on any atom is -0.314 e. The first-order valence-electron chi connectivity index (χ1n) is 6.37. The Labute approximate surface area is 101 Å². The summed E-state index contributed by atoms with van der Waals surface area (Å²) in [5.74, 6) is -0.160. The third-order valence-electron chi connectivity index (χ3n) is 3.69. The van der Waals surface area contributed by atoms with E-state index in [1.54, 1.807) is 0 Å². The number of halogens is 2. The molecule has 0 aliphatic carbocycles. The summed E-state index contributed by atoms with van der Waals surface area (Å²) >= 11 is 0. The number of hydrogen-bond donors (Lipinski definition) is 1. The maximum Gasteiger partial charge on any atom is 0.129 e. The second-order valence-electron chi connectivity index (χ2n) is 4.85. The summed E-state index contributed by atoms with van der Waals surface area (Å²) in [7, 11) is 0. The van der Waals surface area contributed by atoms with Gasteiger partial charge in [-0.25, -0.2) is 8.78 Å². The highest BCUT2D eigenvalue weighted by molar-refractivity contribution is 5.20. The first kappa shape index (κ1) is 12.5. The molecule has 1 aromatic rings. The van der Waals surface area contributed by atoms with E-state index in [0.29, 0.717) is 12.3 Å². The quantitative estimate of drug-likeness (QED) is 0.853. The Morgan fingerprint density at radius 2 is 2.00 bits per heavy atom. The van der Waals surface area contributed by atoms with Crippen molar-refractivity contribution in [3.63, 3.8) is 0 Å². The van der Waals surface area contributed by atoms with Crippen molar-refractivity contribution in [3.05, 3.63) is 35.4 Å². The normalized spacial score (nSPS) is 24.9. The van der Waals surface area contributed by atoms with Gasteiger partial charge in [-0.1, -0.05) is 19.4 Å². The number of hydrogen-bond acceptors (Lipinski definition) is 1. The Bertz CT molecular complexity index is 358. The van der Waals surface area contributed by atoms with E-state index in [2.05, 4.69) is 12.2 Å². The number of nitrogens with one attached hydrogen (secondary N) is 1. The molecule has 94 valence electrons. The molecule has 2 atom stereocenters. The Hall–Kier alpha value is -0.960. The van der Waals surface area contributed by atoms with Crippen molar-refractivity contribution in [3.8, 4) is 0 Å². The average molecular weight is 239 g/mol.